The van der Waals surface area contributed by atoms with Crippen molar-refractivity contribution in [2.45, 2.75) is 25.2 Å². The van der Waals surface area contributed by atoms with Gasteiger partial charge in [-0.2, -0.15) is 12.7 Å². The first-order valence-corrected chi connectivity index (χ1v) is 12.0. The maximum absolute atomic E-state index is 12.7. The number of nitro benzene ring substituents is 1. The molecule has 1 aliphatic rings. The number of aromatic nitrogens is 1. The van der Waals surface area contributed by atoms with Crippen LogP contribution < -0.4 is 10.0 Å². The third-order valence-corrected chi connectivity index (χ3v) is 7.14. The monoisotopic (exact) mass is 519 g/mol. The fourth-order valence-electron chi connectivity index (χ4n) is 3.66. The minimum Gasteiger partial charge on any atom is -0.480 e. The summed E-state index contributed by atoms with van der Waals surface area (Å²) in [6.07, 6.45) is -1.70. The Bertz CT molecular complexity index is 1430. The number of fused-ring (bicyclic) bond motifs is 1. The Hall–Kier alpha value is -3.65. The van der Waals surface area contributed by atoms with Crippen LogP contribution >= 0.6 is 11.6 Å². The SMILES string of the molecule is O=C(O)[C@H](Cc1ccc([N+](=O)[O-])cc1)N[C@H]1C(=O)NS(=O)(=O)N1Cc1cc2ccccc2nc1Cl. The number of hydrogen-bond donors (Lipinski definition) is 3. The van der Waals surface area contributed by atoms with E-state index in [1.165, 1.54) is 24.3 Å². The van der Waals surface area contributed by atoms with Gasteiger partial charge in [-0.25, -0.2) is 9.71 Å². The second kappa shape index (κ2) is 9.54. The number of carbonyl (C=O) groups excluding carboxylic acids is 1. The second-order valence-corrected chi connectivity index (χ2v) is 9.72. The number of nitro groups is 1. The van der Waals surface area contributed by atoms with E-state index in [-0.39, 0.29) is 23.8 Å². The van der Waals surface area contributed by atoms with Crippen LogP contribution in [-0.4, -0.2) is 51.8 Å². The maximum Gasteiger partial charge on any atom is 0.321 e. The zero-order valence-corrected chi connectivity index (χ0v) is 19.4. The van der Waals surface area contributed by atoms with E-state index in [4.69, 9.17) is 11.6 Å². The molecule has 2 atom stereocenters. The molecule has 2 heterocycles. The van der Waals surface area contributed by atoms with Gasteiger partial charge in [-0.3, -0.25) is 25.0 Å². The van der Waals surface area contributed by atoms with Crippen LogP contribution in [0.1, 0.15) is 11.1 Å². The molecule has 35 heavy (non-hydrogen) atoms. The minimum absolute atomic E-state index is 0.0395. The number of halogens is 1. The van der Waals surface area contributed by atoms with Crippen molar-refractivity contribution in [3.63, 3.8) is 0 Å². The number of pyridine rings is 1. The van der Waals surface area contributed by atoms with E-state index in [0.717, 1.165) is 4.31 Å². The molecule has 0 spiro atoms. The summed E-state index contributed by atoms with van der Waals surface area (Å²) in [5.74, 6) is -2.30. The number of para-hydroxylation sites is 1. The van der Waals surface area contributed by atoms with Crippen LogP contribution in [0.25, 0.3) is 10.9 Å². The summed E-state index contributed by atoms with van der Waals surface area (Å²) in [5.41, 5.74) is 1.19. The lowest BCUT2D eigenvalue weighted by Gasteiger charge is -2.24. The van der Waals surface area contributed by atoms with Gasteiger partial charge in [0.2, 0.25) is 0 Å². The van der Waals surface area contributed by atoms with Gasteiger partial charge in [0, 0.05) is 29.6 Å². The Morgan fingerprint density at radius 1 is 1.26 bits per heavy atom. The normalized spacial score (nSPS) is 18.3. The molecule has 0 unspecified atom stereocenters. The first-order valence-electron chi connectivity index (χ1n) is 10.1. The van der Waals surface area contributed by atoms with Gasteiger partial charge in [0.05, 0.1) is 10.4 Å². The third-order valence-electron chi connectivity index (χ3n) is 5.40. The molecule has 0 bridgehead atoms. The maximum atomic E-state index is 12.7. The van der Waals surface area contributed by atoms with Gasteiger partial charge in [-0.1, -0.05) is 41.9 Å². The number of carbonyl (C=O) groups is 2. The summed E-state index contributed by atoms with van der Waals surface area (Å²) < 4.78 is 27.9. The third kappa shape index (κ3) is 5.22. The molecule has 3 N–H and O–H groups in total. The number of amides is 1. The molecule has 2 aromatic carbocycles. The highest BCUT2D eigenvalue weighted by Gasteiger charge is 2.45. The molecule has 1 fully saturated rings. The predicted octanol–water partition coefficient (Wildman–Crippen LogP) is 1.58. The van der Waals surface area contributed by atoms with Crippen LogP contribution in [0.15, 0.2) is 54.6 Å². The summed E-state index contributed by atoms with van der Waals surface area (Å²) in [7, 11) is -4.30. The van der Waals surface area contributed by atoms with Crippen LogP contribution in [0.4, 0.5) is 5.69 Å². The van der Waals surface area contributed by atoms with Gasteiger partial charge < -0.3 is 5.11 Å². The molecule has 14 heteroatoms. The summed E-state index contributed by atoms with van der Waals surface area (Å²) in [5, 5.41) is 23.8. The minimum atomic E-state index is -4.30. The predicted molar refractivity (Wildman–Crippen MR) is 125 cm³/mol. The first kappa shape index (κ1) is 24.5. The smallest absolute Gasteiger partial charge is 0.321 e. The van der Waals surface area contributed by atoms with Crippen molar-refractivity contribution in [1.29, 1.82) is 0 Å². The van der Waals surface area contributed by atoms with Gasteiger partial charge in [0.1, 0.15) is 11.2 Å². The Morgan fingerprint density at radius 2 is 1.94 bits per heavy atom. The Labute approximate surface area is 203 Å². The number of nitrogens with zero attached hydrogens (tertiary/aromatic N) is 3. The van der Waals surface area contributed by atoms with Gasteiger partial charge in [0.25, 0.3) is 11.6 Å². The number of benzene rings is 2. The number of carboxylic acids is 1. The molecule has 0 saturated carbocycles. The zero-order chi connectivity index (χ0) is 25.3. The molecule has 1 saturated heterocycles. The van der Waals surface area contributed by atoms with E-state index < -0.39 is 39.2 Å². The fourth-order valence-corrected chi connectivity index (χ4v) is 5.09. The van der Waals surface area contributed by atoms with Gasteiger partial charge in [0.15, 0.2) is 6.17 Å². The molecular formula is C21H18ClN5O7S. The van der Waals surface area contributed by atoms with Crippen LogP contribution in [0, 0.1) is 10.1 Å². The average molecular weight is 520 g/mol. The van der Waals surface area contributed by atoms with Gasteiger partial charge in [-0.05, 0) is 24.1 Å². The summed E-state index contributed by atoms with van der Waals surface area (Å²) in [6, 6.07) is 12.5. The fraction of sp³-hybridized carbons (Fsp3) is 0.190. The summed E-state index contributed by atoms with van der Waals surface area (Å²) in [4.78, 5) is 38.9. The van der Waals surface area contributed by atoms with Crippen LogP contribution in [0.5, 0.6) is 0 Å². The summed E-state index contributed by atoms with van der Waals surface area (Å²) >= 11 is 6.26. The molecule has 1 aromatic heterocycles. The van der Waals surface area contributed by atoms with Crippen molar-refractivity contribution in [1.82, 2.24) is 19.3 Å². The van der Waals surface area contributed by atoms with Crippen LogP contribution in [-0.2, 0) is 32.8 Å². The molecule has 0 aliphatic carbocycles. The number of rotatable bonds is 8. The van der Waals surface area contributed by atoms with Crippen molar-refractivity contribution in [3.05, 3.63) is 81.0 Å². The highest BCUT2D eigenvalue weighted by Crippen LogP contribution is 2.25. The molecular weight excluding hydrogens is 502 g/mol. The number of hydrogen-bond acceptors (Lipinski definition) is 8. The molecule has 1 aliphatic heterocycles. The lowest BCUT2D eigenvalue weighted by molar-refractivity contribution is -0.384. The molecule has 12 nitrogen and oxygen atoms in total. The van der Waals surface area contributed by atoms with E-state index >= 15 is 0 Å². The van der Waals surface area contributed by atoms with E-state index in [2.05, 4.69) is 10.3 Å². The molecule has 0 radical (unpaired) electrons. The average Bonchev–Trinajstić information content (AvgIpc) is 3.01. The quantitative estimate of drug-likeness (QED) is 0.227. The Balaban J connectivity index is 1.60. The van der Waals surface area contributed by atoms with Gasteiger partial charge in [-0.15, -0.1) is 0 Å². The Morgan fingerprint density at radius 3 is 2.60 bits per heavy atom. The number of carboxylic acid groups (broad SMARTS) is 1. The van der Waals surface area contributed by atoms with Gasteiger partial charge >= 0.3 is 16.2 Å². The Kier molecular flexibility index (Phi) is 6.67. The van der Waals surface area contributed by atoms with Crippen molar-refractivity contribution < 1.29 is 28.0 Å². The molecule has 182 valence electrons. The summed E-state index contributed by atoms with van der Waals surface area (Å²) in [6.45, 7) is -0.348. The largest absolute Gasteiger partial charge is 0.480 e. The topological polar surface area (TPSA) is 172 Å². The molecule has 4 rings (SSSR count). The van der Waals surface area contributed by atoms with Crippen molar-refractivity contribution in [3.8, 4) is 0 Å². The first-order chi connectivity index (χ1) is 16.5. The number of nitrogens with one attached hydrogen (secondary N) is 2. The van der Waals surface area contributed by atoms with E-state index in [1.54, 1.807) is 30.3 Å². The molecule has 3 aromatic rings. The second-order valence-electron chi connectivity index (χ2n) is 7.74. The zero-order valence-electron chi connectivity index (χ0n) is 17.8. The lowest BCUT2D eigenvalue weighted by Crippen LogP contribution is -2.53. The van der Waals surface area contributed by atoms with E-state index in [1.807, 2.05) is 4.72 Å². The van der Waals surface area contributed by atoms with Crippen LogP contribution in [0.2, 0.25) is 5.15 Å². The molecule has 1 amide bonds. The number of aliphatic carboxylic acids is 1. The van der Waals surface area contributed by atoms with E-state index in [0.29, 0.717) is 22.0 Å². The highest BCUT2D eigenvalue weighted by molar-refractivity contribution is 7.88. The standard InChI is InChI=1S/C21H18ClN5O7S/c22-18-14(10-13-3-1-2-4-16(13)23-18)11-26-19(20(28)25-35(26,33)34)24-17(21(29)30)9-12-5-7-15(8-6-12)27(31)32/h1-8,10,17,19,24H,9,11H2,(H,25,28)(H,29,30)/t17-,19+/m0/s1. The van der Waals surface area contributed by atoms with E-state index in [9.17, 15) is 33.2 Å². The van der Waals surface area contributed by atoms with Crippen molar-refractivity contribution in [2.24, 2.45) is 0 Å². The van der Waals surface area contributed by atoms with Crippen molar-refractivity contribution in [2.75, 3.05) is 0 Å². The highest BCUT2D eigenvalue weighted by atomic mass is 35.5. The lowest BCUT2D eigenvalue weighted by atomic mass is 10.1. The van der Waals surface area contributed by atoms with Crippen LogP contribution in [0.3, 0.4) is 0 Å². The number of non-ortho nitro benzene ring substituents is 1. The van der Waals surface area contributed by atoms with Crippen molar-refractivity contribution >= 4 is 50.3 Å².